The van der Waals surface area contributed by atoms with Gasteiger partial charge in [-0.1, -0.05) is 33.8 Å². The van der Waals surface area contributed by atoms with Crippen molar-refractivity contribution < 1.29 is 14.3 Å². The third kappa shape index (κ3) is 4.37. The Morgan fingerprint density at radius 3 is 2.53 bits per heavy atom. The highest BCUT2D eigenvalue weighted by Crippen LogP contribution is 2.48. The fraction of sp³-hybridized carbons (Fsp3) is 0.500. The van der Waals surface area contributed by atoms with Crippen LogP contribution in [0.25, 0.3) is 0 Å². The molecule has 30 heavy (non-hydrogen) atoms. The Morgan fingerprint density at radius 1 is 1.23 bits per heavy atom. The summed E-state index contributed by atoms with van der Waals surface area (Å²) in [5, 5.41) is 14.4. The van der Waals surface area contributed by atoms with E-state index in [1.807, 2.05) is 18.2 Å². The third-order valence-electron chi connectivity index (χ3n) is 5.43. The zero-order valence-corrected chi connectivity index (χ0v) is 19.4. The molecule has 0 radical (unpaired) electrons. The molecular formula is C24H30N2O3S. The number of thioether (sulfide) groups is 1. The highest BCUT2D eigenvalue weighted by atomic mass is 32.2. The van der Waals surface area contributed by atoms with Gasteiger partial charge in [-0.15, -0.1) is 11.8 Å². The van der Waals surface area contributed by atoms with Crippen molar-refractivity contribution in [3.05, 3.63) is 45.6 Å². The Labute approximate surface area is 183 Å². The summed E-state index contributed by atoms with van der Waals surface area (Å²) in [6.45, 7) is 8.55. The number of Topliss-reactive ketones (excluding diaryl/α,β-unsaturated/α-hetero) is 1. The molecule has 0 fully saturated rings. The summed E-state index contributed by atoms with van der Waals surface area (Å²) in [7, 11) is 3.19. The minimum absolute atomic E-state index is 0.106. The number of carbonyl (C=O) groups excluding carboxylic acids is 1. The van der Waals surface area contributed by atoms with Crippen molar-refractivity contribution in [1.29, 1.82) is 5.26 Å². The minimum atomic E-state index is -0.399. The lowest BCUT2D eigenvalue weighted by Gasteiger charge is -2.39. The maximum absolute atomic E-state index is 13.2. The van der Waals surface area contributed by atoms with E-state index >= 15 is 0 Å². The largest absolute Gasteiger partial charge is 0.493 e. The predicted octanol–water partition coefficient (Wildman–Crippen LogP) is 5.16. The average molecular weight is 427 g/mol. The zero-order valence-electron chi connectivity index (χ0n) is 18.6. The molecule has 1 aliphatic carbocycles. The van der Waals surface area contributed by atoms with E-state index in [0.717, 1.165) is 28.5 Å². The van der Waals surface area contributed by atoms with Crippen molar-refractivity contribution in [3.8, 4) is 17.6 Å². The van der Waals surface area contributed by atoms with E-state index in [1.165, 1.54) is 0 Å². The van der Waals surface area contributed by atoms with Crippen molar-refractivity contribution in [2.24, 2.45) is 11.3 Å². The van der Waals surface area contributed by atoms with Gasteiger partial charge in [0.05, 0.1) is 36.8 Å². The lowest BCUT2D eigenvalue weighted by atomic mass is 9.69. The number of carbonyl (C=O) groups is 1. The summed E-state index contributed by atoms with van der Waals surface area (Å²) in [6.07, 6.45) is 1.26. The molecule has 160 valence electrons. The molecule has 1 aromatic carbocycles. The fourth-order valence-corrected chi connectivity index (χ4v) is 5.12. The number of nitrogens with one attached hydrogen (secondary N) is 1. The van der Waals surface area contributed by atoms with Crippen LogP contribution in [0.2, 0.25) is 0 Å². The number of dihydropyridines is 1. The second-order valence-corrected chi connectivity index (χ2v) is 10.1. The predicted molar refractivity (Wildman–Crippen MR) is 120 cm³/mol. The summed E-state index contributed by atoms with van der Waals surface area (Å²) in [5.41, 5.74) is 3.02. The van der Waals surface area contributed by atoms with Crippen molar-refractivity contribution in [2.45, 2.75) is 46.5 Å². The Kier molecular flexibility index (Phi) is 6.52. The van der Waals surface area contributed by atoms with Gasteiger partial charge in [0.15, 0.2) is 17.3 Å². The standard InChI is InChI=1S/C24H30N2O3S/c1-14(2)13-30-23-16(12-25)21(15-7-8-19(28-5)20(9-15)29-6)22-17(26-23)10-24(3,4)11-18(22)27/h7-9,14,21,26H,10-11,13H2,1-6H3/t21-/m1/s1. The Morgan fingerprint density at radius 2 is 1.93 bits per heavy atom. The van der Waals surface area contributed by atoms with E-state index in [1.54, 1.807) is 26.0 Å². The van der Waals surface area contributed by atoms with Crippen LogP contribution in [0.5, 0.6) is 11.5 Å². The summed E-state index contributed by atoms with van der Waals surface area (Å²) in [5.74, 6) is 2.30. The van der Waals surface area contributed by atoms with Crippen LogP contribution in [0.4, 0.5) is 0 Å². The lowest BCUT2D eigenvalue weighted by molar-refractivity contribution is -0.118. The van der Waals surface area contributed by atoms with Gasteiger partial charge in [-0.25, -0.2) is 0 Å². The quantitative estimate of drug-likeness (QED) is 0.678. The molecule has 0 bridgehead atoms. The fourth-order valence-electron chi connectivity index (χ4n) is 4.11. The molecule has 1 N–H and O–H groups in total. The lowest BCUT2D eigenvalue weighted by Crippen LogP contribution is -2.37. The first-order chi connectivity index (χ1) is 14.2. The molecule has 0 saturated carbocycles. The first-order valence-electron chi connectivity index (χ1n) is 10.2. The maximum atomic E-state index is 13.2. The molecule has 1 heterocycles. The van der Waals surface area contributed by atoms with Crippen molar-refractivity contribution in [3.63, 3.8) is 0 Å². The smallest absolute Gasteiger partial charge is 0.162 e. The van der Waals surface area contributed by atoms with Gasteiger partial charge in [0.25, 0.3) is 0 Å². The van der Waals surface area contributed by atoms with Gasteiger partial charge in [-0.05, 0) is 35.4 Å². The van der Waals surface area contributed by atoms with Crippen molar-refractivity contribution in [2.75, 3.05) is 20.0 Å². The van der Waals surface area contributed by atoms with E-state index in [2.05, 4.69) is 39.1 Å². The molecule has 0 spiro atoms. The summed E-state index contributed by atoms with van der Waals surface area (Å²) in [4.78, 5) is 13.2. The highest BCUT2D eigenvalue weighted by Gasteiger charge is 2.42. The number of nitrogens with zero attached hydrogens (tertiary/aromatic N) is 1. The molecule has 2 aliphatic rings. The number of nitriles is 1. The molecule has 1 aromatic rings. The number of ketones is 1. The SMILES string of the molecule is COc1ccc([C@@H]2C(C#N)=C(SCC(C)C)NC3=C2C(=O)CC(C)(C)C3)cc1OC. The van der Waals surface area contributed by atoms with E-state index < -0.39 is 5.92 Å². The Hall–Kier alpha value is -2.39. The number of benzene rings is 1. The van der Waals surface area contributed by atoms with Gasteiger partial charge in [-0.2, -0.15) is 5.26 Å². The molecular weight excluding hydrogens is 396 g/mol. The summed E-state index contributed by atoms with van der Waals surface area (Å²) in [6, 6.07) is 8.05. The van der Waals surface area contributed by atoms with Gasteiger partial charge in [0.2, 0.25) is 0 Å². The third-order valence-corrected chi connectivity index (χ3v) is 6.87. The zero-order chi connectivity index (χ0) is 22.1. The average Bonchev–Trinajstić information content (AvgIpc) is 2.69. The monoisotopic (exact) mass is 426 g/mol. The highest BCUT2D eigenvalue weighted by molar-refractivity contribution is 8.03. The second-order valence-electron chi connectivity index (χ2n) is 9.07. The Bertz CT molecular complexity index is 954. The molecule has 0 unspecified atom stereocenters. The normalized spacial score (nSPS) is 20.6. The van der Waals surface area contributed by atoms with Gasteiger partial charge in [0, 0.05) is 23.4 Å². The van der Waals surface area contributed by atoms with Crippen LogP contribution in [0.15, 0.2) is 40.1 Å². The molecule has 6 heteroatoms. The van der Waals surface area contributed by atoms with Crippen LogP contribution in [-0.2, 0) is 4.79 Å². The first kappa shape index (κ1) is 22.3. The molecule has 5 nitrogen and oxygen atoms in total. The number of ether oxygens (including phenoxy) is 2. The van der Waals surface area contributed by atoms with Crippen LogP contribution < -0.4 is 14.8 Å². The molecule has 0 aromatic heterocycles. The summed E-state index contributed by atoms with van der Waals surface area (Å²) >= 11 is 1.66. The summed E-state index contributed by atoms with van der Waals surface area (Å²) < 4.78 is 10.9. The number of allylic oxidation sites excluding steroid dienone is 3. The van der Waals surface area contributed by atoms with E-state index in [0.29, 0.717) is 35.0 Å². The van der Waals surface area contributed by atoms with Gasteiger partial charge < -0.3 is 14.8 Å². The number of hydrogen-bond acceptors (Lipinski definition) is 6. The van der Waals surface area contributed by atoms with Crippen LogP contribution in [0, 0.1) is 22.7 Å². The number of methoxy groups -OCH3 is 2. The van der Waals surface area contributed by atoms with E-state index in [4.69, 9.17) is 9.47 Å². The van der Waals surface area contributed by atoms with Crippen LogP contribution in [0.1, 0.15) is 52.0 Å². The topological polar surface area (TPSA) is 71.3 Å². The van der Waals surface area contributed by atoms with E-state index in [-0.39, 0.29) is 11.2 Å². The molecule has 3 rings (SSSR count). The maximum Gasteiger partial charge on any atom is 0.162 e. The van der Waals surface area contributed by atoms with E-state index in [9.17, 15) is 10.1 Å². The van der Waals surface area contributed by atoms with Crippen LogP contribution in [-0.4, -0.2) is 25.8 Å². The number of hydrogen-bond donors (Lipinski definition) is 1. The van der Waals surface area contributed by atoms with Crippen molar-refractivity contribution in [1.82, 2.24) is 5.32 Å². The number of rotatable bonds is 6. The molecule has 0 amide bonds. The Balaban J connectivity index is 2.17. The molecule has 1 aliphatic heterocycles. The van der Waals surface area contributed by atoms with Crippen LogP contribution in [0.3, 0.4) is 0 Å². The minimum Gasteiger partial charge on any atom is -0.493 e. The van der Waals surface area contributed by atoms with Crippen molar-refractivity contribution >= 4 is 17.5 Å². The second kappa shape index (κ2) is 8.77. The molecule has 1 atom stereocenters. The van der Waals surface area contributed by atoms with Gasteiger partial charge in [0.1, 0.15) is 0 Å². The van der Waals surface area contributed by atoms with Gasteiger partial charge in [-0.3, -0.25) is 4.79 Å². The van der Waals surface area contributed by atoms with Gasteiger partial charge >= 0.3 is 0 Å². The first-order valence-corrected chi connectivity index (χ1v) is 11.2. The van der Waals surface area contributed by atoms with Crippen LogP contribution >= 0.6 is 11.8 Å². The molecule has 0 saturated heterocycles.